The van der Waals surface area contributed by atoms with Crippen molar-refractivity contribution in [2.24, 2.45) is 11.8 Å². The molecule has 1 N–H and O–H groups in total. The summed E-state index contributed by atoms with van der Waals surface area (Å²) in [5, 5.41) is 3.62. The largest absolute Gasteiger partial charge is 0.466 e. The predicted molar refractivity (Wildman–Crippen MR) is 126 cm³/mol. The van der Waals surface area contributed by atoms with Gasteiger partial charge in [-0.3, -0.25) is 9.59 Å². The molecule has 1 amide bonds. The van der Waals surface area contributed by atoms with Gasteiger partial charge in [0.2, 0.25) is 0 Å². The molecule has 0 radical (unpaired) electrons. The van der Waals surface area contributed by atoms with Gasteiger partial charge in [-0.25, -0.2) is 4.39 Å². The number of hydrogen-bond donors (Lipinski definition) is 1. The topological polar surface area (TPSA) is 58.6 Å². The van der Waals surface area contributed by atoms with Gasteiger partial charge in [-0.15, -0.1) is 0 Å². The van der Waals surface area contributed by atoms with Crippen molar-refractivity contribution < 1.29 is 18.7 Å². The molecule has 4 rings (SSSR count). The van der Waals surface area contributed by atoms with E-state index >= 15 is 0 Å². The Bertz CT molecular complexity index is 915. The van der Waals surface area contributed by atoms with Crippen LogP contribution < -0.4 is 5.32 Å². The summed E-state index contributed by atoms with van der Waals surface area (Å²) in [5.74, 6) is -1.56. The maximum absolute atomic E-state index is 14.7. The average Bonchev–Trinajstić information content (AvgIpc) is 3.32. The van der Waals surface area contributed by atoms with Crippen LogP contribution in [0.25, 0.3) is 0 Å². The van der Waals surface area contributed by atoms with Gasteiger partial charge >= 0.3 is 5.97 Å². The quantitative estimate of drug-likeness (QED) is 0.621. The van der Waals surface area contributed by atoms with Crippen LogP contribution >= 0.6 is 0 Å². The lowest BCUT2D eigenvalue weighted by molar-refractivity contribution is -0.152. The van der Waals surface area contributed by atoms with E-state index in [0.717, 1.165) is 12.1 Å². The number of likely N-dealkylation sites (tertiary alicyclic amines) is 1. The van der Waals surface area contributed by atoms with E-state index < -0.39 is 11.7 Å². The van der Waals surface area contributed by atoms with Crippen LogP contribution in [0, 0.1) is 24.6 Å². The van der Waals surface area contributed by atoms with E-state index in [1.807, 2.05) is 0 Å². The van der Waals surface area contributed by atoms with E-state index in [9.17, 15) is 14.0 Å². The molecule has 1 aromatic rings. The summed E-state index contributed by atoms with van der Waals surface area (Å²) >= 11 is 0. The molecule has 2 fully saturated rings. The number of ether oxygens (including phenoxy) is 1. The summed E-state index contributed by atoms with van der Waals surface area (Å²) in [7, 11) is 0. The Balaban J connectivity index is 1.59. The molecule has 33 heavy (non-hydrogen) atoms. The van der Waals surface area contributed by atoms with Gasteiger partial charge in [0.1, 0.15) is 5.82 Å². The highest BCUT2D eigenvalue weighted by molar-refractivity contribution is 5.96. The monoisotopic (exact) mass is 454 g/mol. The number of nitrogens with zero attached hydrogens (tertiary/aromatic N) is 1. The summed E-state index contributed by atoms with van der Waals surface area (Å²) in [5.41, 5.74) is 1.83. The standard InChI is InChI=1S/C27H35FN2O3/c1-3-33-27(32)22-11-7-17-30(26(31)24-18(2)8-6-12-23(24)28)25(22)19-13-15-21(16-14-19)29-20-9-4-5-10-20/h6,8,12-13,15-16,19-20,22,25,29H,3-5,7,9-11,14,17H2,1-2H3/t19-,22?,25?/m1/s1. The second-order valence-corrected chi connectivity index (χ2v) is 9.47. The number of benzene rings is 1. The fraction of sp³-hybridized carbons (Fsp3) is 0.556. The smallest absolute Gasteiger partial charge is 0.311 e. The number of allylic oxidation sites excluding steroid dienone is 2. The van der Waals surface area contributed by atoms with Crippen LogP contribution in [-0.4, -0.2) is 42.0 Å². The third-order valence-electron chi connectivity index (χ3n) is 7.27. The highest BCUT2D eigenvalue weighted by Gasteiger charge is 2.43. The first-order valence-corrected chi connectivity index (χ1v) is 12.4. The van der Waals surface area contributed by atoms with Crippen LogP contribution in [0.15, 0.2) is 42.1 Å². The van der Waals surface area contributed by atoms with Gasteiger partial charge < -0.3 is 15.0 Å². The number of carbonyl (C=O) groups is 2. The molecule has 2 unspecified atom stereocenters. The number of hydrogen-bond acceptors (Lipinski definition) is 4. The highest BCUT2D eigenvalue weighted by atomic mass is 19.1. The van der Waals surface area contributed by atoms with Crippen molar-refractivity contribution in [1.29, 1.82) is 0 Å². The maximum atomic E-state index is 14.7. The van der Waals surface area contributed by atoms with Crippen molar-refractivity contribution in [2.75, 3.05) is 13.2 Å². The van der Waals surface area contributed by atoms with Gasteiger partial charge in [-0.05, 0) is 63.7 Å². The lowest BCUT2D eigenvalue weighted by Gasteiger charge is -2.44. The average molecular weight is 455 g/mol. The van der Waals surface area contributed by atoms with Gasteiger partial charge in [-0.2, -0.15) is 0 Å². The zero-order valence-electron chi connectivity index (χ0n) is 19.7. The molecular formula is C27H35FN2O3. The number of aryl methyl sites for hydroxylation is 1. The molecule has 3 atom stereocenters. The zero-order chi connectivity index (χ0) is 23.4. The first kappa shape index (κ1) is 23.5. The molecule has 6 heteroatoms. The second-order valence-electron chi connectivity index (χ2n) is 9.47. The molecule has 1 saturated heterocycles. The van der Waals surface area contributed by atoms with Crippen LogP contribution in [0.3, 0.4) is 0 Å². The molecule has 0 bridgehead atoms. The fourth-order valence-corrected chi connectivity index (χ4v) is 5.64. The first-order valence-electron chi connectivity index (χ1n) is 12.4. The minimum absolute atomic E-state index is 0.0233. The highest BCUT2D eigenvalue weighted by Crippen LogP contribution is 2.36. The number of nitrogens with one attached hydrogen (secondary N) is 1. The molecule has 1 aliphatic heterocycles. The molecule has 0 aromatic heterocycles. The molecule has 3 aliphatic rings. The zero-order valence-corrected chi connectivity index (χ0v) is 19.7. The van der Waals surface area contributed by atoms with E-state index in [1.54, 1.807) is 30.9 Å². The van der Waals surface area contributed by atoms with Crippen molar-refractivity contribution >= 4 is 11.9 Å². The minimum atomic E-state index is -0.515. The Morgan fingerprint density at radius 2 is 1.97 bits per heavy atom. The third-order valence-corrected chi connectivity index (χ3v) is 7.27. The SMILES string of the molecule is CCOC(=O)C1CCCN(C(=O)c2c(C)cccc2F)C1[C@@H]1C=CC(NC2CCCC2)=CC1. The summed E-state index contributed by atoms with van der Waals surface area (Å²) in [6, 6.07) is 4.87. The van der Waals surface area contributed by atoms with E-state index in [-0.39, 0.29) is 29.4 Å². The Hall–Kier alpha value is -2.63. The summed E-state index contributed by atoms with van der Waals surface area (Å²) < 4.78 is 20.1. The van der Waals surface area contributed by atoms with E-state index in [2.05, 4.69) is 23.5 Å². The number of piperidine rings is 1. The fourth-order valence-electron chi connectivity index (χ4n) is 5.64. The van der Waals surface area contributed by atoms with E-state index in [1.165, 1.54) is 31.7 Å². The maximum Gasteiger partial charge on any atom is 0.311 e. The van der Waals surface area contributed by atoms with Crippen molar-refractivity contribution in [2.45, 2.75) is 70.9 Å². The van der Waals surface area contributed by atoms with Crippen LogP contribution in [0.1, 0.15) is 67.8 Å². The van der Waals surface area contributed by atoms with Crippen LogP contribution in [0.5, 0.6) is 0 Å². The summed E-state index contributed by atoms with van der Waals surface area (Å²) in [4.78, 5) is 28.2. The number of halogens is 1. The lowest BCUT2D eigenvalue weighted by Crippen LogP contribution is -2.54. The van der Waals surface area contributed by atoms with Gasteiger partial charge in [0.25, 0.3) is 5.91 Å². The Morgan fingerprint density at radius 3 is 2.64 bits per heavy atom. The Kier molecular flexibility index (Phi) is 7.51. The van der Waals surface area contributed by atoms with Gasteiger partial charge in [0, 0.05) is 24.2 Å². The van der Waals surface area contributed by atoms with Gasteiger partial charge in [0.05, 0.1) is 24.1 Å². The summed E-state index contributed by atoms with van der Waals surface area (Å²) in [6.45, 7) is 4.36. The normalized spacial score (nSPS) is 25.6. The van der Waals surface area contributed by atoms with Crippen LogP contribution in [0.2, 0.25) is 0 Å². The first-order chi connectivity index (χ1) is 16.0. The molecule has 1 heterocycles. The Morgan fingerprint density at radius 1 is 1.18 bits per heavy atom. The van der Waals surface area contributed by atoms with Crippen molar-refractivity contribution in [3.05, 3.63) is 59.1 Å². The molecule has 5 nitrogen and oxygen atoms in total. The molecule has 2 aliphatic carbocycles. The van der Waals surface area contributed by atoms with Gasteiger partial charge in [-0.1, -0.05) is 37.1 Å². The van der Waals surface area contributed by atoms with Crippen LogP contribution in [0.4, 0.5) is 4.39 Å². The Labute approximate surface area is 196 Å². The second kappa shape index (κ2) is 10.5. The van der Waals surface area contributed by atoms with Crippen LogP contribution in [-0.2, 0) is 9.53 Å². The molecule has 1 saturated carbocycles. The number of esters is 1. The molecule has 0 spiro atoms. The predicted octanol–water partition coefficient (Wildman–Crippen LogP) is 4.91. The van der Waals surface area contributed by atoms with Crippen molar-refractivity contribution in [3.8, 4) is 0 Å². The van der Waals surface area contributed by atoms with E-state index in [0.29, 0.717) is 37.6 Å². The third kappa shape index (κ3) is 5.15. The molecule has 178 valence electrons. The van der Waals surface area contributed by atoms with Gasteiger partial charge in [0.15, 0.2) is 0 Å². The lowest BCUT2D eigenvalue weighted by atomic mass is 9.77. The number of amides is 1. The molecule has 1 aromatic carbocycles. The number of rotatable bonds is 6. The summed E-state index contributed by atoms with van der Waals surface area (Å²) in [6.07, 6.45) is 13.4. The molecular weight excluding hydrogens is 419 g/mol. The van der Waals surface area contributed by atoms with Crippen molar-refractivity contribution in [1.82, 2.24) is 10.2 Å². The minimum Gasteiger partial charge on any atom is -0.466 e. The number of carbonyl (C=O) groups excluding carboxylic acids is 2. The van der Waals surface area contributed by atoms with Crippen molar-refractivity contribution in [3.63, 3.8) is 0 Å². The van der Waals surface area contributed by atoms with E-state index in [4.69, 9.17) is 4.74 Å².